The van der Waals surface area contributed by atoms with Crippen molar-refractivity contribution in [1.29, 1.82) is 0 Å². The van der Waals surface area contributed by atoms with Crippen molar-refractivity contribution in [3.05, 3.63) is 29.6 Å². The summed E-state index contributed by atoms with van der Waals surface area (Å²) in [6, 6.07) is 3.53. The number of nitrogens with two attached hydrogens (primary N) is 1. The van der Waals surface area contributed by atoms with E-state index in [0.717, 1.165) is 6.07 Å². The smallest absolute Gasteiger partial charge is 0.248 e. The van der Waals surface area contributed by atoms with Crippen molar-refractivity contribution in [3.63, 3.8) is 0 Å². The summed E-state index contributed by atoms with van der Waals surface area (Å²) in [7, 11) is 1.59. The number of carbonyl (C=O) groups excluding carboxylic acids is 2. The third-order valence-corrected chi connectivity index (χ3v) is 1.86. The van der Waals surface area contributed by atoms with Crippen LogP contribution in [-0.2, 0) is 4.79 Å². The summed E-state index contributed by atoms with van der Waals surface area (Å²) in [4.78, 5) is 22.0. The minimum absolute atomic E-state index is 0.0558. The molecule has 0 heterocycles. The summed E-state index contributed by atoms with van der Waals surface area (Å²) < 4.78 is 13.2. The summed E-state index contributed by atoms with van der Waals surface area (Å²) >= 11 is 0. The highest BCUT2D eigenvalue weighted by atomic mass is 19.1. The largest absolute Gasteiger partial charge is 0.366 e. The zero-order chi connectivity index (χ0) is 12.1. The Kier molecular flexibility index (Phi) is 3.96. The second-order valence-corrected chi connectivity index (χ2v) is 3.14. The van der Waals surface area contributed by atoms with Crippen LogP contribution in [0.2, 0.25) is 0 Å². The molecule has 0 unspecified atom stereocenters. The Hall–Kier alpha value is -1.95. The van der Waals surface area contributed by atoms with E-state index in [0.29, 0.717) is 0 Å². The molecule has 0 saturated carbocycles. The van der Waals surface area contributed by atoms with Crippen LogP contribution in [0.1, 0.15) is 10.4 Å². The van der Waals surface area contributed by atoms with E-state index in [1.165, 1.54) is 12.1 Å². The number of carbonyl (C=O) groups is 2. The predicted molar refractivity (Wildman–Crippen MR) is 57.5 cm³/mol. The molecular weight excluding hydrogens is 213 g/mol. The van der Waals surface area contributed by atoms with Crippen LogP contribution >= 0.6 is 0 Å². The second kappa shape index (κ2) is 5.22. The van der Waals surface area contributed by atoms with Crippen molar-refractivity contribution < 1.29 is 14.0 Å². The number of amides is 2. The van der Waals surface area contributed by atoms with Crippen molar-refractivity contribution in [1.82, 2.24) is 5.32 Å². The first kappa shape index (κ1) is 12.1. The number of halogens is 1. The second-order valence-electron chi connectivity index (χ2n) is 3.14. The van der Waals surface area contributed by atoms with Crippen LogP contribution in [0.4, 0.5) is 10.1 Å². The lowest BCUT2D eigenvalue weighted by atomic mass is 10.2. The molecule has 0 aliphatic rings. The third kappa shape index (κ3) is 3.03. The Morgan fingerprint density at radius 3 is 2.69 bits per heavy atom. The molecule has 0 spiro atoms. The van der Waals surface area contributed by atoms with Crippen LogP contribution in [0.15, 0.2) is 18.2 Å². The van der Waals surface area contributed by atoms with Crippen molar-refractivity contribution in [2.45, 2.75) is 0 Å². The van der Waals surface area contributed by atoms with Gasteiger partial charge >= 0.3 is 0 Å². The maximum atomic E-state index is 13.2. The van der Waals surface area contributed by atoms with Crippen LogP contribution in [0.25, 0.3) is 0 Å². The van der Waals surface area contributed by atoms with Crippen LogP contribution < -0.4 is 16.4 Å². The summed E-state index contributed by atoms with van der Waals surface area (Å²) in [5, 5.41) is 4.94. The fraction of sp³-hybridized carbons (Fsp3) is 0.200. The lowest BCUT2D eigenvalue weighted by Crippen LogP contribution is -2.25. The molecule has 5 nitrogen and oxygen atoms in total. The lowest BCUT2D eigenvalue weighted by Gasteiger charge is -2.07. The van der Waals surface area contributed by atoms with Gasteiger partial charge in [0.1, 0.15) is 5.82 Å². The molecule has 0 atom stereocenters. The molecule has 6 heteroatoms. The molecule has 1 aromatic carbocycles. The van der Waals surface area contributed by atoms with E-state index < -0.39 is 17.6 Å². The van der Waals surface area contributed by atoms with Crippen molar-refractivity contribution in [2.24, 2.45) is 5.73 Å². The molecule has 2 amide bonds. The number of primary amides is 1. The lowest BCUT2D eigenvalue weighted by molar-refractivity contribution is -0.115. The monoisotopic (exact) mass is 225 g/mol. The maximum Gasteiger partial charge on any atom is 0.248 e. The number of rotatable bonds is 4. The normalized spacial score (nSPS) is 9.88. The van der Waals surface area contributed by atoms with E-state index >= 15 is 0 Å². The fourth-order valence-corrected chi connectivity index (χ4v) is 1.13. The van der Waals surface area contributed by atoms with Crippen LogP contribution in [0.3, 0.4) is 0 Å². The Morgan fingerprint density at radius 1 is 1.44 bits per heavy atom. The summed E-state index contributed by atoms with van der Waals surface area (Å²) in [5.74, 6) is -1.69. The van der Waals surface area contributed by atoms with Gasteiger partial charge in [-0.2, -0.15) is 0 Å². The standard InChI is InChI=1S/C10H12FN3O2/c1-13-5-9(15)14-8-4-6(10(12)16)2-3-7(8)11/h2-4,13H,5H2,1H3,(H2,12,16)(H,14,15). The summed E-state index contributed by atoms with van der Waals surface area (Å²) in [6.07, 6.45) is 0. The molecule has 0 aliphatic heterocycles. The number of likely N-dealkylation sites (N-methyl/N-ethyl adjacent to an activating group) is 1. The maximum absolute atomic E-state index is 13.2. The summed E-state index contributed by atoms with van der Waals surface area (Å²) in [6.45, 7) is 0.0558. The van der Waals surface area contributed by atoms with Crippen molar-refractivity contribution in [3.8, 4) is 0 Å². The number of nitrogens with one attached hydrogen (secondary N) is 2. The van der Waals surface area contributed by atoms with Gasteiger partial charge in [0, 0.05) is 5.56 Å². The first-order chi connectivity index (χ1) is 7.54. The van der Waals surface area contributed by atoms with Crippen LogP contribution in [0, 0.1) is 5.82 Å². The minimum atomic E-state index is -0.677. The number of benzene rings is 1. The molecule has 1 aromatic rings. The Morgan fingerprint density at radius 2 is 2.12 bits per heavy atom. The molecule has 4 N–H and O–H groups in total. The quantitative estimate of drug-likeness (QED) is 0.678. The SMILES string of the molecule is CNCC(=O)Nc1cc(C(N)=O)ccc1F. The van der Waals surface area contributed by atoms with Gasteiger partial charge in [-0.05, 0) is 25.2 Å². The first-order valence-corrected chi connectivity index (χ1v) is 4.58. The Bertz CT molecular complexity index is 421. The Labute approximate surface area is 91.8 Å². The van der Waals surface area contributed by atoms with Gasteiger partial charge in [-0.1, -0.05) is 0 Å². The molecule has 0 saturated heterocycles. The number of anilines is 1. The molecule has 0 bridgehead atoms. The highest BCUT2D eigenvalue weighted by Crippen LogP contribution is 2.15. The van der Waals surface area contributed by atoms with Gasteiger partial charge in [0.2, 0.25) is 11.8 Å². The van der Waals surface area contributed by atoms with E-state index in [2.05, 4.69) is 10.6 Å². The molecule has 0 aliphatic carbocycles. The molecule has 0 fully saturated rings. The molecular formula is C10H12FN3O2. The van der Waals surface area contributed by atoms with Gasteiger partial charge in [0.25, 0.3) is 0 Å². The zero-order valence-corrected chi connectivity index (χ0v) is 8.71. The van der Waals surface area contributed by atoms with E-state index in [-0.39, 0.29) is 17.8 Å². The van der Waals surface area contributed by atoms with E-state index in [1.54, 1.807) is 7.05 Å². The number of hydrogen-bond acceptors (Lipinski definition) is 3. The van der Waals surface area contributed by atoms with Gasteiger partial charge in [0.15, 0.2) is 0 Å². The van der Waals surface area contributed by atoms with Crippen molar-refractivity contribution >= 4 is 17.5 Å². The van der Waals surface area contributed by atoms with Gasteiger partial charge in [-0.25, -0.2) is 4.39 Å². The van der Waals surface area contributed by atoms with Gasteiger partial charge in [-0.15, -0.1) is 0 Å². The van der Waals surface area contributed by atoms with E-state index in [4.69, 9.17) is 5.73 Å². The molecule has 0 radical (unpaired) electrons. The van der Waals surface area contributed by atoms with Crippen molar-refractivity contribution in [2.75, 3.05) is 18.9 Å². The number of hydrogen-bond donors (Lipinski definition) is 3. The molecule has 16 heavy (non-hydrogen) atoms. The minimum Gasteiger partial charge on any atom is -0.366 e. The predicted octanol–water partition coefficient (Wildman–Crippen LogP) is 0.0825. The Balaban J connectivity index is 2.90. The molecule has 0 aromatic heterocycles. The average Bonchev–Trinajstić information content (AvgIpc) is 2.21. The molecule has 86 valence electrons. The summed E-state index contributed by atoms with van der Waals surface area (Å²) in [5.41, 5.74) is 5.12. The third-order valence-electron chi connectivity index (χ3n) is 1.86. The topological polar surface area (TPSA) is 84.2 Å². The van der Waals surface area contributed by atoms with Gasteiger partial charge in [0.05, 0.1) is 12.2 Å². The van der Waals surface area contributed by atoms with Crippen LogP contribution in [-0.4, -0.2) is 25.4 Å². The highest BCUT2D eigenvalue weighted by molar-refractivity contribution is 5.96. The van der Waals surface area contributed by atoms with E-state index in [1.807, 2.05) is 0 Å². The zero-order valence-electron chi connectivity index (χ0n) is 8.71. The van der Waals surface area contributed by atoms with Gasteiger partial charge in [-0.3, -0.25) is 9.59 Å². The fourth-order valence-electron chi connectivity index (χ4n) is 1.13. The van der Waals surface area contributed by atoms with Gasteiger partial charge < -0.3 is 16.4 Å². The first-order valence-electron chi connectivity index (χ1n) is 4.58. The molecule has 1 rings (SSSR count). The van der Waals surface area contributed by atoms with E-state index in [9.17, 15) is 14.0 Å². The average molecular weight is 225 g/mol. The highest BCUT2D eigenvalue weighted by Gasteiger charge is 2.09. The van der Waals surface area contributed by atoms with Crippen LogP contribution in [0.5, 0.6) is 0 Å².